The zero-order chi connectivity index (χ0) is 22.5. The monoisotopic (exact) mass is 437 g/mol. The van der Waals surface area contributed by atoms with Crippen LogP contribution in [0.25, 0.3) is 0 Å². The van der Waals surface area contributed by atoms with Crippen LogP contribution in [0.1, 0.15) is 59.4 Å². The van der Waals surface area contributed by atoms with Gasteiger partial charge in [-0.15, -0.1) is 0 Å². The van der Waals surface area contributed by atoms with E-state index in [1.807, 2.05) is 30.9 Å². The van der Waals surface area contributed by atoms with E-state index in [1.165, 1.54) is 0 Å². The lowest BCUT2D eigenvalue weighted by atomic mass is 9.87. The minimum atomic E-state index is -3.65. The fourth-order valence-corrected chi connectivity index (χ4v) is 4.46. The Morgan fingerprint density at radius 1 is 1.10 bits per heavy atom. The van der Waals surface area contributed by atoms with Crippen molar-refractivity contribution in [2.45, 2.75) is 70.2 Å². The molecule has 0 atom stereocenters. The molecule has 1 aromatic rings. The molecular weight excluding hydrogens is 402 g/mol. The van der Waals surface area contributed by atoms with E-state index in [4.69, 9.17) is 0 Å². The standard InChI is InChI=1S/C22H35N3O4S/c1-16(2)21(27)25-14-11-18(12-15-25)24-20(26)10-13-23-30(28,29)19-8-6-17(7-9-19)22(3,4)5/h6-9,16,18,23H,10-15H2,1-5H3,(H,24,26). The number of hydrogen-bond acceptors (Lipinski definition) is 4. The molecule has 0 unspecified atom stereocenters. The van der Waals surface area contributed by atoms with Gasteiger partial charge in [-0.05, 0) is 36.0 Å². The number of likely N-dealkylation sites (tertiary alicyclic amines) is 1. The third-order valence-electron chi connectivity index (χ3n) is 5.34. The molecule has 1 fully saturated rings. The van der Waals surface area contributed by atoms with Crippen LogP contribution in [-0.2, 0) is 25.0 Å². The first kappa shape index (κ1) is 24.3. The summed E-state index contributed by atoms with van der Waals surface area (Å²) in [4.78, 5) is 26.2. The molecule has 0 bridgehead atoms. The van der Waals surface area contributed by atoms with Crippen LogP contribution in [0.4, 0.5) is 0 Å². The van der Waals surface area contributed by atoms with Gasteiger partial charge >= 0.3 is 0 Å². The van der Waals surface area contributed by atoms with Gasteiger partial charge in [-0.1, -0.05) is 46.8 Å². The molecule has 30 heavy (non-hydrogen) atoms. The summed E-state index contributed by atoms with van der Waals surface area (Å²) in [7, 11) is -3.65. The van der Waals surface area contributed by atoms with Crippen molar-refractivity contribution < 1.29 is 18.0 Å². The number of amides is 2. The Labute approximate surface area is 180 Å². The van der Waals surface area contributed by atoms with Gasteiger partial charge in [0.25, 0.3) is 0 Å². The molecule has 1 aliphatic heterocycles. The lowest BCUT2D eigenvalue weighted by Crippen LogP contribution is -2.47. The van der Waals surface area contributed by atoms with E-state index in [0.717, 1.165) is 18.4 Å². The van der Waals surface area contributed by atoms with Gasteiger partial charge in [-0.3, -0.25) is 9.59 Å². The minimum Gasteiger partial charge on any atom is -0.353 e. The van der Waals surface area contributed by atoms with Crippen LogP contribution in [0, 0.1) is 5.92 Å². The number of rotatable bonds is 7. The molecule has 0 radical (unpaired) electrons. The number of benzene rings is 1. The van der Waals surface area contributed by atoms with Crippen molar-refractivity contribution in [3.8, 4) is 0 Å². The maximum atomic E-state index is 12.4. The van der Waals surface area contributed by atoms with E-state index < -0.39 is 10.0 Å². The molecule has 2 N–H and O–H groups in total. The molecule has 1 aliphatic rings. The van der Waals surface area contributed by atoms with Crippen molar-refractivity contribution in [1.82, 2.24) is 14.9 Å². The maximum absolute atomic E-state index is 12.4. The Bertz CT molecular complexity index is 834. The molecule has 2 amide bonds. The largest absolute Gasteiger partial charge is 0.353 e. The molecule has 1 aromatic carbocycles. The number of nitrogens with one attached hydrogen (secondary N) is 2. The summed E-state index contributed by atoms with van der Waals surface area (Å²) in [6.45, 7) is 11.3. The van der Waals surface area contributed by atoms with Gasteiger partial charge in [0.2, 0.25) is 21.8 Å². The Balaban J connectivity index is 1.77. The summed E-state index contributed by atoms with van der Waals surface area (Å²) in [5.74, 6) is -0.0621. The third kappa shape index (κ3) is 6.80. The van der Waals surface area contributed by atoms with E-state index in [-0.39, 0.29) is 47.1 Å². The smallest absolute Gasteiger partial charge is 0.240 e. The molecule has 1 heterocycles. The summed E-state index contributed by atoms with van der Waals surface area (Å²) >= 11 is 0. The number of piperidine rings is 1. The second kappa shape index (κ2) is 9.92. The zero-order valence-corrected chi connectivity index (χ0v) is 19.5. The normalized spacial score (nSPS) is 16.0. The van der Waals surface area contributed by atoms with Gasteiger partial charge < -0.3 is 10.2 Å². The van der Waals surface area contributed by atoms with Gasteiger partial charge in [0, 0.05) is 38.0 Å². The van der Waals surface area contributed by atoms with Crippen molar-refractivity contribution in [3.05, 3.63) is 29.8 Å². The summed E-state index contributed by atoms with van der Waals surface area (Å²) in [5, 5.41) is 2.95. The highest BCUT2D eigenvalue weighted by Gasteiger charge is 2.25. The van der Waals surface area contributed by atoms with E-state index in [0.29, 0.717) is 13.1 Å². The Morgan fingerprint density at radius 2 is 1.67 bits per heavy atom. The van der Waals surface area contributed by atoms with Gasteiger partial charge in [0.05, 0.1) is 4.90 Å². The predicted molar refractivity (Wildman–Crippen MR) is 118 cm³/mol. The average Bonchev–Trinajstić information content (AvgIpc) is 2.67. The molecule has 8 heteroatoms. The van der Waals surface area contributed by atoms with E-state index in [1.54, 1.807) is 12.1 Å². The highest BCUT2D eigenvalue weighted by molar-refractivity contribution is 7.89. The first-order chi connectivity index (χ1) is 13.9. The second-order valence-electron chi connectivity index (χ2n) is 9.24. The Morgan fingerprint density at radius 3 is 2.17 bits per heavy atom. The molecular formula is C22H35N3O4S. The summed E-state index contributed by atoms with van der Waals surface area (Å²) in [5.41, 5.74) is 1.01. The van der Waals surface area contributed by atoms with Gasteiger partial charge in [-0.2, -0.15) is 0 Å². The second-order valence-corrected chi connectivity index (χ2v) is 11.0. The number of carbonyl (C=O) groups excluding carboxylic acids is 2. The molecule has 168 valence electrons. The molecule has 7 nitrogen and oxygen atoms in total. The van der Waals surface area contributed by atoms with Crippen molar-refractivity contribution in [2.24, 2.45) is 5.92 Å². The minimum absolute atomic E-state index is 0.0196. The maximum Gasteiger partial charge on any atom is 0.240 e. The van der Waals surface area contributed by atoms with Crippen molar-refractivity contribution in [2.75, 3.05) is 19.6 Å². The van der Waals surface area contributed by atoms with E-state index in [2.05, 4.69) is 30.8 Å². The number of sulfonamides is 1. The Hall–Kier alpha value is -1.93. The quantitative estimate of drug-likeness (QED) is 0.685. The molecule has 0 spiro atoms. The van der Waals surface area contributed by atoms with Crippen LogP contribution < -0.4 is 10.0 Å². The van der Waals surface area contributed by atoms with Crippen molar-refractivity contribution in [3.63, 3.8) is 0 Å². The van der Waals surface area contributed by atoms with Crippen LogP contribution >= 0.6 is 0 Å². The van der Waals surface area contributed by atoms with E-state index in [9.17, 15) is 18.0 Å². The highest BCUT2D eigenvalue weighted by atomic mass is 32.2. The third-order valence-corrected chi connectivity index (χ3v) is 6.82. The van der Waals surface area contributed by atoms with Crippen LogP contribution in [0.2, 0.25) is 0 Å². The van der Waals surface area contributed by atoms with Crippen molar-refractivity contribution >= 4 is 21.8 Å². The molecule has 0 aliphatic carbocycles. The topological polar surface area (TPSA) is 95.6 Å². The number of carbonyl (C=O) groups is 2. The average molecular weight is 438 g/mol. The molecule has 1 saturated heterocycles. The fourth-order valence-electron chi connectivity index (χ4n) is 3.43. The molecule has 0 aromatic heterocycles. The van der Waals surface area contributed by atoms with Crippen LogP contribution in [0.15, 0.2) is 29.2 Å². The fraction of sp³-hybridized carbons (Fsp3) is 0.636. The summed E-state index contributed by atoms with van der Waals surface area (Å²) in [6.07, 6.45) is 1.51. The zero-order valence-electron chi connectivity index (χ0n) is 18.7. The van der Waals surface area contributed by atoms with E-state index >= 15 is 0 Å². The van der Waals surface area contributed by atoms with Gasteiger partial charge in [0.15, 0.2) is 0 Å². The van der Waals surface area contributed by atoms with Crippen LogP contribution in [0.3, 0.4) is 0 Å². The molecule has 2 rings (SSSR count). The number of hydrogen-bond donors (Lipinski definition) is 2. The van der Waals surface area contributed by atoms with Crippen molar-refractivity contribution in [1.29, 1.82) is 0 Å². The summed E-state index contributed by atoms with van der Waals surface area (Å²) < 4.78 is 27.4. The SMILES string of the molecule is CC(C)C(=O)N1CCC(NC(=O)CCNS(=O)(=O)c2ccc(C(C)(C)C)cc2)CC1. The first-order valence-electron chi connectivity index (χ1n) is 10.6. The highest BCUT2D eigenvalue weighted by Crippen LogP contribution is 2.23. The number of nitrogens with zero attached hydrogens (tertiary/aromatic N) is 1. The molecule has 0 saturated carbocycles. The lowest BCUT2D eigenvalue weighted by Gasteiger charge is -2.33. The lowest BCUT2D eigenvalue weighted by molar-refractivity contribution is -0.135. The Kier molecular flexibility index (Phi) is 8.05. The van der Waals surface area contributed by atoms with Crippen LogP contribution in [-0.4, -0.2) is 50.8 Å². The van der Waals surface area contributed by atoms with Crippen LogP contribution in [0.5, 0.6) is 0 Å². The van der Waals surface area contributed by atoms with Gasteiger partial charge in [-0.25, -0.2) is 13.1 Å². The summed E-state index contributed by atoms with van der Waals surface area (Å²) in [6, 6.07) is 6.84. The van der Waals surface area contributed by atoms with Gasteiger partial charge in [0.1, 0.15) is 0 Å². The predicted octanol–water partition coefficient (Wildman–Crippen LogP) is 2.42. The first-order valence-corrected chi connectivity index (χ1v) is 12.1.